The zero-order chi connectivity index (χ0) is 13.7. The average molecular weight is 262 g/mol. The monoisotopic (exact) mass is 262 g/mol. The molecule has 0 bridgehead atoms. The maximum absolute atomic E-state index is 11.9. The molecule has 5 heteroatoms. The van der Waals surface area contributed by atoms with Crippen molar-refractivity contribution in [3.8, 4) is 0 Å². The third kappa shape index (κ3) is 3.79. The first-order valence-corrected chi connectivity index (χ1v) is 6.36. The molecule has 0 aromatic heterocycles. The number of hydrogen-bond acceptors (Lipinski definition) is 4. The predicted molar refractivity (Wildman–Crippen MR) is 70.3 cm³/mol. The molecular formula is C14H18N2O3. The Labute approximate surface area is 112 Å². The molecule has 1 aliphatic rings. The van der Waals surface area contributed by atoms with E-state index in [0.29, 0.717) is 19.6 Å². The van der Waals surface area contributed by atoms with Gasteiger partial charge in [0.15, 0.2) is 0 Å². The summed E-state index contributed by atoms with van der Waals surface area (Å²) in [6.45, 7) is 3.40. The first-order valence-electron chi connectivity index (χ1n) is 6.36. The van der Waals surface area contributed by atoms with Gasteiger partial charge in [0.05, 0.1) is 0 Å². The van der Waals surface area contributed by atoms with Gasteiger partial charge in [-0.15, -0.1) is 0 Å². The summed E-state index contributed by atoms with van der Waals surface area (Å²) >= 11 is 0. The minimum Gasteiger partial charge on any atom is -0.460 e. The number of esters is 1. The van der Waals surface area contributed by atoms with Crippen LogP contribution in [0, 0.1) is 0 Å². The van der Waals surface area contributed by atoms with E-state index < -0.39 is 6.04 Å². The molecule has 1 aromatic carbocycles. The van der Waals surface area contributed by atoms with E-state index in [-0.39, 0.29) is 18.5 Å². The largest absolute Gasteiger partial charge is 0.460 e. The van der Waals surface area contributed by atoms with Gasteiger partial charge in [-0.25, -0.2) is 0 Å². The summed E-state index contributed by atoms with van der Waals surface area (Å²) in [5.74, 6) is -0.322. The van der Waals surface area contributed by atoms with E-state index in [1.165, 1.54) is 6.92 Å². The molecule has 0 spiro atoms. The summed E-state index contributed by atoms with van der Waals surface area (Å²) in [6, 6.07) is 9.10. The number of carbonyl (C=O) groups is 2. The van der Waals surface area contributed by atoms with Crippen molar-refractivity contribution in [1.29, 1.82) is 0 Å². The number of carbonyl (C=O) groups excluding carboxylic acids is 2. The standard InChI is InChI=1S/C14H18N2O3/c1-11(17)16-8-7-15-13(9-16)14(18)19-10-12-5-3-2-4-6-12/h2-6,13,15H,7-10H2,1H3. The van der Waals surface area contributed by atoms with Crippen LogP contribution in [0.25, 0.3) is 0 Å². The summed E-state index contributed by atoms with van der Waals surface area (Å²) in [6.07, 6.45) is 0. The van der Waals surface area contributed by atoms with Crippen LogP contribution in [-0.4, -0.2) is 42.5 Å². The van der Waals surface area contributed by atoms with Crippen LogP contribution in [-0.2, 0) is 20.9 Å². The molecule has 2 rings (SSSR count). The Bertz CT molecular complexity index is 447. The van der Waals surface area contributed by atoms with E-state index in [0.717, 1.165) is 5.56 Å². The highest BCUT2D eigenvalue weighted by atomic mass is 16.5. The Morgan fingerprint density at radius 3 is 2.79 bits per heavy atom. The van der Waals surface area contributed by atoms with Crippen molar-refractivity contribution in [1.82, 2.24) is 10.2 Å². The molecule has 1 unspecified atom stereocenters. The van der Waals surface area contributed by atoms with Crippen LogP contribution in [0.2, 0.25) is 0 Å². The lowest BCUT2D eigenvalue weighted by Gasteiger charge is -2.31. The lowest BCUT2D eigenvalue weighted by atomic mass is 10.2. The molecule has 1 amide bonds. The SMILES string of the molecule is CC(=O)N1CCNC(C(=O)OCc2ccccc2)C1. The van der Waals surface area contributed by atoms with Gasteiger partial charge in [-0.2, -0.15) is 0 Å². The lowest BCUT2D eigenvalue weighted by molar-refractivity contribution is -0.149. The number of nitrogens with one attached hydrogen (secondary N) is 1. The first-order chi connectivity index (χ1) is 9.16. The van der Waals surface area contributed by atoms with Crippen LogP contribution < -0.4 is 5.32 Å². The minimum atomic E-state index is -0.429. The minimum absolute atomic E-state index is 0.0117. The Balaban J connectivity index is 1.84. The van der Waals surface area contributed by atoms with E-state index in [2.05, 4.69) is 5.32 Å². The van der Waals surface area contributed by atoms with Crippen molar-refractivity contribution in [2.45, 2.75) is 19.6 Å². The van der Waals surface area contributed by atoms with E-state index in [1.807, 2.05) is 30.3 Å². The molecule has 102 valence electrons. The Morgan fingerprint density at radius 1 is 1.37 bits per heavy atom. The van der Waals surface area contributed by atoms with Crippen molar-refractivity contribution < 1.29 is 14.3 Å². The highest BCUT2D eigenvalue weighted by molar-refractivity contribution is 5.79. The van der Waals surface area contributed by atoms with E-state index >= 15 is 0 Å². The predicted octanol–water partition coefficient (Wildman–Crippen LogP) is 0.550. The number of nitrogens with zero attached hydrogens (tertiary/aromatic N) is 1. The number of hydrogen-bond donors (Lipinski definition) is 1. The Kier molecular flexibility index (Phi) is 4.52. The van der Waals surface area contributed by atoms with Crippen molar-refractivity contribution >= 4 is 11.9 Å². The van der Waals surface area contributed by atoms with Gasteiger partial charge < -0.3 is 15.0 Å². The fraction of sp³-hybridized carbons (Fsp3) is 0.429. The Hall–Kier alpha value is -1.88. The molecule has 1 heterocycles. The summed E-state index contributed by atoms with van der Waals surface area (Å²) in [4.78, 5) is 24.9. The van der Waals surface area contributed by atoms with Crippen molar-refractivity contribution in [2.24, 2.45) is 0 Å². The molecule has 19 heavy (non-hydrogen) atoms. The average Bonchev–Trinajstić information content (AvgIpc) is 2.46. The van der Waals surface area contributed by atoms with Gasteiger partial charge in [0, 0.05) is 26.6 Å². The van der Waals surface area contributed by atoms with Crippen LogP contribution in [0.1, 0.15) is 12.5 Å². The summed E-state index contributed by atoms with van der Waals surface area (Å²) in [5.41, 5.74) is 0.954. The molecule has 0 radical (unpaired) electrons. The number of piperazine rings is 1. The van der Waals surface area contributed by atoms with E-state index in [4.69, 9.17) is 4.74 Å². The summed E-state index contributed by atoms with van der Waals surface area (Å²) in [7, 11) is 0. The van der Waals surface area contributed by atoms with Crippen LogP contribution in [0.15, 0.2) is 30.3 Å². The number of rotatable bonds is 3. The van der Waals surface area contributed by atoms with Crippen LogP contribution in [0.3, 0.4) is 0 Å². The second-order valence-electron chi connectivity index (χ2n) is 4.57. The zero-order valence-corrected chi connectivity index (χ0v) is 11.0. The van der Waals surface area contributed by atoms with Crippen LogP contribution in [0.4, 0.5) is 0 Å². The molecule has 1 N–H and O–H groups in total. The molecule has 1 fully saturated rings. The second kappa shape index (κ2) is 6.33. The van der Waals surface area contributed by atoms with Gasteiger partial charge >= 0.3 is 5.97 Å². The van der Waals surface area contributed by atoms with Gasteiger partial charge in [-0.05, 0) is 5.56 Å². The third-order valence-electron chi connectivity index (χ3n) is 3.13. The normalized spacial score (nSPS) is 19.0. The zero-order valence-electron chi connectivity index (χ0n) is 11.0. The van der Waals surface area contributed by atoms with Gasteiger partial charge in [-0.3, -0.25) is 9.59 Å². The molecule has 1 saturated heterocycles. The molecule has 1 atom stereocenters. The van der Waals surface area contributed by atoms with Gasteiger partial charge in [-0.1, -0.05) is 30.3 Å². The van der Waals surface area contributed by atoms with Crippen molar-refractivity contribution in [3.05, 3.63) is 35.9 Å². The smallest absolute Gasteiger partial charge is 0.325 e. The third-order valence-corrected chi connectivity index (χ3v) is 3.13. The van der Waals surface area contributed by atoms with Crippen molar-refractivity contribution in [3.63, 3.8) is 0 Å². The highest BCUT2D eigenvalue weighted by Gasteiger charge is 2.27. The topological polar surface area (TPSA) is 58.6 Å². The van der Waals surface area contributed by atoms with Gasteiger partial charge in [0.1, 0.15) is 12.6 Å². The van der Waals surface area contributed by atoms with Crippen LogP contribution in [0.5, 0.6) is 0 Å². The van der Waals surface area contributed by atoms with E-state index in [9.17, 15) is 9.59 Å². The van der Waals surface area contributed by atoms with Crippen molar-refractivity contribution in [2.75, 3.05) is 19.6 Å². The molecule has 1 aromatic rings. The lowest BCUT2D eigenvalue weighted by Crippen LogP contribution is -2.55. The fourth-order valence-electron chi connectivity index (χ4n) is 2.02. The second-order valence-corrected chi connectivity index (χ2v) is 4.57. The van der Waals surface area contributed by atoms with Gasteiger partial charge in [0.2, 0.25) is 5.91 Å². The summed E-state index contributed by atoms with van der Waals surface area (Å²) in [5, 5.41) is 3.07. The van der Waals surface area contributed by atoms with Crippen LogP contribution >= 0.6 is 0 Å². The first kappa shape index (κ1) is 13.5. The highest BCUT2D eigenvalue weighted by Crippen LogP contribution is 2.05. The molecule has 5 nitrogen and oxygen atoms in total. The number of benzene rings is 1. The molecule has 0 aliphatic carbocycles. The molecular weight excluding hydrogens is 244 g/mol. The molecule has 0 saturated carbocycles. The quantitative estimate of drug-likeness (QED) is 0.808. The van der Waals surface area contributed by atoms with Gasteiger partial charge in [0.25, 0.3) is 0 Å². The maximum atomic E-state index is 11.9. The van der Waals surface area contributed by atoms with E-state index in [1.54, 1.807) is 4.90 Å². The Morgan fingerprint density at radius 2 is 2.11 bits per heavy atom. The fourth-order valence-corrected chi connectivity index (χ4v) is 2.02. The summed E-state index contributed by atoms with van der Waals surface area (Å²) < 4.78 is 5.26. The maximum Gasteiger partial charge on any atom is 0.325 e. The molecule has 1 aliphatic heterocycles. The number of ether oxygens (including phenoxy) is 1. The number of amides is 1.